The highest BCUT2D eigenvalue weighted by molar-refractivity contribution is 5.81. The van der Waals surface area contributed by atoms with Crippen LogP contribution in [0, 0.1) is 0 Å². The third-order valence-corrected chi connectivity index (χ3v) is 4.35. The third kappa shape index (κ3) is 4.91. The molecule has 7 nitrogen and oxygen atoms in total. The molecule has 1 aromatic carbocycles. The molecule has 0 saturated heterocycles. The van der Waals surface area contributed by atoms with Gasteiger partial charge in [0.15, 0.2) is 6.61 Å². The zero-order chi connectivity index (χ0) is 19.3. The van der Waals surface area contributed by atoms with Crippen molar-refractivity contribution in [3.8, 4) is 0 Å². The van der Waals surface area contributed by atoms with Gasteiger partial charge in [0.25, 0.3) is 11.5 Å². The molecule has 2 rings (SSSR count). The van der Waals surface area contributed by atoms with E-state index in [1.165, 1.54) is 4.57 Å². The summed E-state index contributed by atoms with van der Waals surface area (Å²) in [5, 5.41) is 3.34. The van der Waals surface area contributed by atoms with Gasteiger partial charge in [-0.05, 0) is 32.4 Å². The van der Waals surface area contributed by atoms with Crippen LogP contribution in [0.25, 0.3) is 10.9 Å². The topological polar surface area (TPSA) is 90.3 Å². The summed E-state index contributed by atoms with van der Waals surface area (Å²) in [5.41, 5.74) is 0.108. The van der Waals surface area contributed by atoms with Crippen molar-refractivity contribution >= 4 is 22.8 Å². The number of rotatable bonds is 7. The zero-order valence-corrected chi connectivity index (χ0v) is 15.7. The first kappa shape index (κ1) is 19.6. The molecule has 1 aromatic heterocycles. The molecule has 0 bridgehead atoms. The van der Waals surface area contributed by atoms with Gasteiger partial charge >= 0.3 is 5.97 Å². The number of aromatic nitrogens is 2. The van der Waals surface area contributed by atoms with Crippen LogP contribution in [0.1, 0.15) is 39.4 Å². The van der Waals surface area contributed by atoms with E-state index in [1.54, 1.807) is 25.2 Å². The smallest absolute Gasteiger partial charge is 0.306 e. The minimum atomic E-state index is -0.503. The van der Waals surface area contributed by atoms with Crippen molar-refractivity contribution < 1.29 is 14.3 Å². The fourth-order valence-electron chi connectivity index (χ4n) is 2.42. The molecule has 26 heavy (non-hydrogen) atoms. The molecule has 0 atom stereocenters. The van der Waals surface area contributed by atoms with Gasteiger partial charge in [0.05, 0.1) is 17.3 Å². The number of esters is 1. The second-order valence-electron chi connectivity index (χ2n) is 6.86. The molecule has 7 heteroatoms. The lowest BCUT2D eigenvalue weighted by molar-refractivity contribution is -0.149. The van der Waals surface area contributed by atoms with Crippen LogP contribution in [0.15, 0.2) is 29.1 Å². The van der Waals surface area contributed by atoms with Crippen LogP contribution in [0.4, 0.5) is 0 Å². The number of carbonyl (C=O) groups is 2. The van der Waals surface area contributed by atoms with Crippen LogP contribution in [-0.2, 0) is 27.8 Å². The van der Waals surface area contributed by atoms with E-state index in [2.05, 4.69) is 10.3 Å². The predicted molar refractivity (Wildman–Crippen MR) is 98.8 cm³/mol. The van der Waals surface area contributed by atoms with Crippen LogP contribution < -0.4 is 10.9 Å². The van der Waals surface area contributed by atoms with Gasteiger partial charge in [0.2, 0.25) is 0 Å². The van der Waals surface area contributed by atoms with E-state index in [0.29, 0.717) is 16.7 Å². The quantitative estimate of drug-likeness (QED) is 0.760. The van der Waals surface area contributed by atoms with Gasteiger partial charge in [0.1, 0.15) is 5.82 Å². The summed E-state index contributed by atoms with van der Waals surface area (Å²) in [6, 6.07) is 7.08. The number of nitrogens with one attached hydrogen (secondary N) is 1. The Morgan fingerprint density at radius 3 is 2.65 bits per heavy atom. The van der Waals surface area contributed by atoms with Crippen LogP contribution in [0.3, 0.4) is 0 Å². The summed E-state index contributed by atoms with van der Waals surface area (Å²) < 4.78 is 6.44. The van der Waals surface area contributed by atoms with E-state index in [4.69, 9.17) is 4.74 Å². The molecule has 1 heterocycles. The SMILES string of the molecule is CCC(C)(C)NC(=O)COC(=O)CCc1nc2ccccc2c(=O)n1C. The molecule has 1 N–H and O–H groups in total. The molecule has 140 valence electrons. The molecule has 0 aliphatic heterocycles. The Kier molecular flexibility index (Phi) is 6.13. The summed E-state index contributed by atoms with van der Waals surface area (Å²) in [6.07, 6.45) is 1.08. The van der Waals surface area contributed by atoms with Crippen molar-refractivity contribution in [1.29, 1.82) is 0 Å². The van der Waals surface area contributed by atoms with Crippen molar-refractivity contribution in [3.05, 3.63) is 40.4 Å². The Bertz CT molecular complexity index is 871. The average molecular weight is 359 g/mol. The average Bonchev–Trinajstić information content (AvgIpc) is 2.61. The Morgan fingerprint density at radius 2 is 1.96 bits per heavy atom. The number of hydrogen-bond acceptors (Lipinski definition) is 5. The number of aryl methyl sites for hydroxylation is 1. The highest BCUT2D eigenvalue weighted by Crippen LogP contribution is 2.09. The highest BCUT2D eigenvalue weighted by atomic mass is 16.5. The number of para-hydroxylation sites is 1. The monoisotopic (exact) mass is 359 g/mol. The second-order valence-corrected chi connectivity index (χ2v) is 6.86. The maximum atomic E-state index is 12.3. The first-order valence-corrected chi connectivity index (χ1v) is 8.65. The van der Waals surface area contributed by atoms with Crippen molar-refractivity contribution in [2.45, 2.75) is 45.6 Å². The fourth-order valence-corrected chi connectivity index (χ4v) is 2.42. The number of ether oxygens (including phenoxy) is 1. The maximum absolute atomic E-state index is 12.3. The normalized spacial score (nSPS) is 11.4. The van der Waals surface area contributed by atoms with Gasteiger partial charge in [-0.2, -0.15) is 0 Å². The molecular formula is C19H25N3O4. The summed E-state index contributed by atoms with van der Waals surface area (Å²) in [6.45, 7) is 5.46. The number of nitrogens with zero attached hydrogens (tertiary/aromatic N) is 2. The first-order chi connectivity index (χ1) is 12.2. The maximum Gasteiger partial charge on any atom is 0.306 e. The van der Waals surface area contributed by atoms with Crippen molar-refractivity contribution in [1.82, 2.24) is 14.9 Å². The van der Waals surface area contributed by atoms with E-state index < -0.39 is 5.97 Å². The summed E-state index contributed by atoms with van der Waals surface area (Å²) >= 11 is 0. The Balaban J connectivity index is 1.94. The van der Waals surface area contributed by atoms with E-state index in [1.807, 2.05) is 26.8 Å². The minimum Gasteiger partial charge on any atom is -0.456 e. The number of benzene rings is 1. The van der Waals surface area contributed by atoms with Crippen molar-refractivity contribution in [3.63, 3.8) is 0 Å². The molecule has 0 fully saturated rings. The largest absolute Gasteiger partial charge is 0.456 e. The summed E-state index contributed by atoms with van der Waals surface area (Å²) in [7, 11) is 1.63. The molecule has 0 aliphatic carbocycles. The molecule has 0 saturated carbocycles. The zero-order valence-electron chi connectivity index (χ0n) is 15.7. The van der Waals surface area contributed by atoms with Gasteiger partial charge in [-0.15, -0.1) is 0 Å². The van der Waals surface area contributed by atoms with Gasteiger partial charge in [-0.25, -0.2) is 4.98 Å². The molecule has 0 aliphatic rings. The van der Waals surface area contributed by atoms with Gasteiger partial charge < -0.3 is 10.1 Å². The van der Waals surface area contributed by atoms with Gasteiger partial charge in [0, 0.05) is 19.0 Å². The molecule has 0 unspecified atom stereocenters. The van der Waals surface area contributed by atoms with E-state index in [0.717, 1.165) is 6.42 Å². The van der Waals surface area contributed by atoms with Gasteiger partial charge in [-0.1, -0.05) is 19.1 Å². The molecule has 0 spiro atoms. The third-order valence-electron chi connectivity index (χ3n) is 4.35. The standard InChI is InChI=1S/C19H25N3O4/c1-5-19(2,3)21-16(23)12-26-17(24)11-10-15-20-14-9-7-6-8-13(14)18(25)22(15)4/h6-9H,5,10-12H2,1-4H3,(H,21,23). The van der Waals surface area contributed by atoms with E-state index >= 15 is 0 Å². The second kappa shape index (κ2) is 8.12. The highest BCUT2D eigenvalue weighted by Gasteiger charge is 2.19. The lowest BCUT2D eigenvalue weighted by Crippen LogP contribution is -2.44. The number of amides is 1. The predicted octanol–water partition coefficient (Wildman–Crippen LogP) is 1.71. The van der Waals surface area contributed by atoms with Crippen LogP contribution in [0.2, 0.25) is 0 Å². The van der Waals surface area contributed by atoms with Crippen molar-refractivity contribution in [2.24, 2.45) is 7.05 Å². The summed E-state index contributed by atoms with van der Waals surface area (Å²) in [5.74, 6) is -0.333. The van der Waals surface area contributed by atoms with Crippen LogP contribution in [0.5, 0.6) is 0 Å². The Hall–Kier alpha value is -2.70. The van der Waals surface area contributed by atoms with E-state index in [9.17, 15) is 14.4 Å². The van der Waals surface area contributed by atoms with Crippen molar-refractivity contribution in [2.75, 3.05) is 6.61 Å². The minimum absolute atomic E-state index is 0.0447. The fraction of sp³-hybridized carbons (Fsp3) is 0.474. The molecule has 0 radical (unpaired) electrons. The molecule has 2 aromatic rings. The molecule has 1 amide bonds. The van der Waals surface area contributed by atoms with Gasteiger partial charge in [-0.3, -0.25) is 19.0 Å². The Morgan fingerprint density at radius 1 is 1.27 bits per heavy atom. The first-order valence-electron chi connectivity index (χ1n) is 8.65. The number of hydrogen-bond donors (Lipinski definition) is 1. The lowest BCUT2D eigenvalue weighted by atomic mass is 10.0. The number of fused-ring (bicyclic) bond motifs is 1. The molecular weight excluding hydrogens is 334 g/mol. The van der Waals surface area contributed by atoms with E-state index in [-0.39, 0.29) is 36.5 Å². The lowest BCUT2D eigenvalue weighted by Gasteiger charge is -2.24. The van der Waals surface area contributed by atoms with Crippen LogP contribution >= 0.6 is 0 Å². The Labute approximate surface area is 152 Å². The van der Waals surface area contributed by atoms with Crippen LogP contribution in [-0.4, -0.2) is 33.6 Å². The summed E-state index contributed by atoms with van der Waals surface area (Å²) in [4.78, 5) is 40.5. The number of carbonyl (C=O) groups excluding carboxylic acids is 2.